The van der Waals surface area contributed by atoms with Gasteiger partial charge in [-0.15, -0.1) is 0 Å². The highest BCUT2D eigenvalue weighted by Crippen LogP contribution is 2.22. The lowest BCUT2D eigenvalue weighted by atomic mass is 10.1. The Morgan fingerprint density at radius 1 is 1.40 bits per heavy atom. The van der Waals surface area contributed by atoms with Crippen LogP contribution >= 0.6 is 0 Å². The molecule has 1 unspecified atom stereocenters. The number of β-amino-alcohol motifs (C(OH)–C–C–N with tert-alkyl or cyclic N) is 1. The molecular formula is C15H22N2O3. The first-order valence-corrected chi connectivity index (χ1v) is 7.00. The Morgan fingerprint density at radius 3 is 2.90 bits per heavy atom. The van der Waals surface area contributed by atoms with Crippen LogP contribution in [0, 0.1) is 0 Å². The molecule has 0 fully saturated rings. The molecule has 1 aliphatic rings. The second-order valence-corrected chi connectivity index (χ2v) is 5.31. The molecule has 0 spiro atoms. The molecule has 110 valence electrons. The molecule has 1 atom stereocenters. The van der Waals surface area contributed by atoms with Gasteiger partial charge in [0.1, 0.15) is 12.4 Å². The van der Waals surface area contributed by atoms with Crippen LogP contribution in [-0.4, -0.2) is 54.3 Å². The Bertz CT molecular complexity index is 462. The van der Waals surface area contributed by atoms with Crippen LogP contribution in [0.3, 0.4) is 0 Å². The van der Waals surface area contributed by atoms with Crippen LogP contribution < -0.4 is 10.1 Å². The molecule has 1 aromatic rings. The largest absolute Gasteiger partial charge is 0.491 e. The van der Waals surface area contributed by atoms with Gasteiger partial charge in [-0.05, 0) is 12.1 Å². The zero-order chi connectivity index (χ0) is 14.5. The van der Waals surface area contributed by atoms with Gasteiger partial charge in [0.25, 0.3) is 5.91 Å². The maximum Gasteiger partial charge on any atom is 0.257 e. The van der Waals surface area contributed by atoms with E-state index >= 15 is 0 Å². The second kappa shape index (κ2) is 6.72. The van der Waals surface area contributed by atoms with Gasteiger partial charge in [-0.1, -0.05) is 26.0 Å². The van der Waals surface area contributed by atoms with Crippen molar-refractivity contribution in [2.24, 2.45) is 0 Å². The normalized spacial score (nSPS) is 16.6. The highest BCUT2D eigenvalue weighted by Gasteiger charge is 2.24. The number of ether oxygens (including phenoxy) is 1. The molecule has 5 heteroatoms. The summed E-state index contributed by atoms with van der Waals surface area (Å²) in [5.41, 5.74) is 0.564. The van der Waals surface area contributed by atoms with Crippen LogP contribution in [0.1, 0.15) is 24.2 Å². The molecule has 2 rings (SSSR count). The maximum atomic E-state index is 12.4. The molecule has 1 heterocycles. The lowest BCUT2D eigenvalue weighted by molar-refractivity contribution is 0.0615. The van der Waals surface area contributed by atoms with Gasteiger partial charge >= 0.3 is 0 Å². The summed E-state index contributed by atoms with van der Waals surface area (Å²) in [5, 5.41) is 13.2. The van der Waals surface area contributed by atoms with Crippen molar-refractivity contribution < 1.29 is 14.6 Å². The fourth-order valence-electron chi connectivity index (χ4n) is 2.17. The number of nitrogens with zero attached hydrogens (tertiary/aromatic N) is 1. The number of hydrogen-bond acceptors (Lipinski definition) is 4. The van der Waals surface area contributed by atoms with Gasteiger partial charge in [-0.3, -0.25) is 4.79 Å². The van der Waals surface area contributed by atoms with Crippen LogP contribution in [0.2, 0.25) is 0 Å². The van der Waals surface area contributed by atoms with Gasteiger partial charge in [0, 0.05) is 19.1 Å². The zero-order valence-electron chi connectivity index (χ0n) is 12.0. The number of hydrogen-bond donors (Lipinski definition) is 2. The molecule has 1 aromatic carbocycles. The standard InChI is InChI=1S/C15H22N2O3/c1-11(2)16-9-12(18)10-17-7-8-20-14-6-4-3-5-13(14)15(17)19/h3-6,11-12,16,18H,7-10H2,1-2H3. The van der Waals surface area contributed by atoms with Crippen LogP contribution in [-0.2, 0) is 0 Å². The van der Waals surface area contributed by atoms with E-state index in [1.54, 1.807) is 17.0 Å². The molecule has 0 saturated heterocycles. The van der Waals surface area contributed by atoms with E-state index in [1.807, 2.05) is 26.0 Å². The third-order valence-electron chi connectivity index (χ3n) is 3.22. The minimum absolute atomic E-state index is 0.0818. The fraction of sp³-hybridized carbons (Fsp3) is 0.533. The number of rotatable bonds is 5. The highest BCUT2D eigenvalue weighted by molar-refractivity contribution is 5.97. The Balaban J connectivity index is 2.01. The number of para-hydroxylation sites is 1. The molecule has 0 radical (unpaired) electrons. The quantitative estimate of drug-likeness (QED) is 0.839. The van der Waals surface area contributed by atoms with Crippen LogP contribution in [0.5, 0.6) is 5.75 Å². The van der Waals surface area contributed by atoms with Crippen molar-refractivity contribution in [2.75, 3.05) is 26.2 Å². The van der Waals surface area contributed by atoms with Crippen molar-refractivity contribution in [3.05, 3.63) is 29.8 Å². The lowest BCUT2D eigenvalue weighted by Crippen LogP contribution is -2.43. The summed E-state index contributed by atoms with van der Waals surface area (Å²) in [6.07, 6.45) is -0.577. The van der Waals surface area contributed by atoms with Crippen LogP contribution in [0.15, 0.2) is 24.3 Å². The average Bonchev–Trinajstić information content (AvgIpc) is 2.58. The van der Waals surface area contributed by atoms with Gasteiger partial charge in [-0.2, -0.15) is 0 Å². The number of amides is 1. The smallest absolute Gasteiger partial charge is 0.257 e. The van der Waals surface area contributed by atoms with E-state index in [4.69, 9.17) is 4.74 Å². The van der Waals surface area contributed by atoms with Gasteiger partial charge < -0.3 is 20.1 Å². The predicted octanol–water partition coefficient (Wildman–Crippen LogP) is 0.880. The fourth-order valence-corrected chi connectivity index (χ4v) is 2.17. The number of carbonyl (C=O) groups excluding carboxylic acids is 1. The van der Waals surface area contributed by atoms with Crippen molar-refractivity contribution in [1.29, 1.82) is 0 Å². The Morgan fingerprint density at radius 2 is 2.15 bits per heavy atom. The number of fused-ring (bicyclic) bond motifs is 1. The van der Waals surface area contributed by atoms with Gasteiger partial charge in [0.15, 0.2) is 0 Å². The lowest BCUT2D eigenvalue weighted by Gasteiger charge is -2.24. The van der Waals surface area contributed by atoms with E-state index in [0.717, 1.165) is 0 Å². The molecule has 0 bridgehead atoms. The Hall–Kier alpha value is -1.59. The Kier molecular flexibility index (Phi) is 4.98. The molecule has 0 aliphatic carbocycles. The summed E-state index contributed by atoms with van der Waals surface area (Å²) in [4.78, 5) is 14.1. The average molecular weight is 278 g/mol. The Labute approximate surface area is 119 Å². The molecule has 20 heavy (non-hydrogen) atoms. The number of aliphatic hydroxyl groups is 1. The van der Waals surface area contributed by atoms with Crippen molar-refractivity contribution in [3.63, 3.8) is 0 Å². The summed E-state index contributed by atoms with van der Waals surface area (Å²) < 4.78 is 5.57. The topological polar surface area (TPSA) is 61.8 Å². The third kappa shape index (κ3) is 3.71. The van der Waals surface area contributed by atoms with Crippen molar-refractivity contribution in [1.82, 2.24) is 10.2 Å². The van der Waals surface area contributed by atoms with E-state index in [9.17, 15) is 9.90 Å². The minimum atomic E-state index is -0.577. The number of nitrogens with one attached hydrogen (secondary N) is 1. The third-order valence-corrected chi connectivity index (χ3v) is 3.22. The first kappa shape index (κ1) is 14.8. The molecule has 5 nitrogen and oxygen atoms in total. The summed E-state index contributed by atoms with van der Waals surface area (Å²) in [5.74, 6) is 0.538. The van der Waals surface area contributed by atoms with Crippen molar-refractivity contribution in [3.8, 4) is 5.75 Å². The van der Waals surface area contributed by atoms with Crippen LogP contribution in [0.25, 0.3) is 0 Å². The van der Waals surface area contributed by atoms with Crippen molar-refractivity contribution in [2.45, 2.75) is 26.0 Å². The van der Waals surface area contributed by atoms with E-state index < -0.39 is 6.10 Å². The maximum absolute atomic E-state index is 12.4. The van der Waals surface area contributed by atoms with Gasteiger partial charge in [-0.25, -0.2) is 0 Å². The number of benzene rings is 1. The SMILES string of the molecule is CC(C)NCC(O)CN1CCOc2ccccc2C1=O. The van der Waals surface area contributed by atoms with Gasteiger partial charge in [0.2, 0.25) is 0 Å². The highest BCUT2D eigenvalue weighted by atomic mass is 16.5. The number of aliphatic hydroxyl groups excluding tert-OH is 1. The molecule has 0 saturated carbocycles. The second-order valence-electron chi connectivity index (χ2n) is 5.31. The summed E-state index contributed by atoms with van der Waals surface area (Å²) >= 11 is 0. The molecule has 1 amide bonds. The summed E-state index contributed by atoms with van der Waals surface area (Å²) in [7, 11) is 0. The number of carbonyl (C=O) groups is 1. The van der Waals surface area contributed by atoms with Gasteiger partial charge in [0.05, 0.1) is 18.2 Å². The van der Waals surface area contributed by atoms with E-state index in [2.05, 4.69) is 5.32 Å². The van der Waals surface area contributed by atoms with E-state index in [1.165, 1.54) is 0 Å². The van der Waals surface area contributed by atoms with E-state index in [0.29, 0.717) is 43.6 Å². The first-order valence-electron chi connectivity index (χ1n) is 7.00. The zero-order valence-corrected chi connectivity index (χ0v) is 12.0. The molecule has 1 aliphatic heterocycles. The molecule has 2 N–H and O–H groups in total. The predicted molar refractivity (Wildman–Crippen MR) is 77.0 cm³/mol. The minimum Gasteiger partial charge on any atom is -0.491 e. The van der Waals surface area contributed by atoms with Crippen molar-refractivity contribution >= 4 is 5.91 Å². The van der Waals surface area contributed by atoms with Crippen LogP contribution in [0.4, 0.5) is 0 Å². The molecular weight excluding hydrogens is 256 g/mol. The van der Waals surface area contributed by atoms with E-state index in [-0.39, 0.29) is 5.91 Å². The summed E-state index contributed by atoms with van der Waals surface area (Å²) in [6.45, 7) is 5.78. The molecule has 0 aromatic heterocycles. The first-order chi connectivity index (χ1) is 9.58. The monoisotopic (exact) mass is 278 g/mol. The summed E-state index contributed by atoms with van der Waals surface area (Å²) in [6, 6.07) is 7.54.